The maximum Gasteiger partial charge on any atom is 0.138 e. The smallest absolute Gasteiger partial charge is 0.138 e. The summed E-state index contributed by atoms with van der Waals surface area (Å²) in [5.74, 6) is 1.50. The van der Waals surface area contributed by atoms with Crippen molar-refractivity contribution < 1.29 is 4.74 Å². The number of nitrogens with zero attached hydrogens (tertiary/aromatic N) is 2. The minimum atomic E-state index is 0.617. The molecule has 0 aliphatic carbocycles. The molecule has 0 atom stereocenters. The molecule has 2 aromatic rings. The van der Waals surface area contributed by atoms with Gasteiger partial charge in [-0.25, -0.2) is 4.98 Å². The van der Waals surface area contributed by atoms with Crippen LogP contribution in [0.4, 0.5) is 0 Å². The van der Waals surface area contributed by atoms with Crippen LogP contribution in [-0.2, 0) is 13.1 Å². The van der Waals surface area contributed by atoms with Gasteiger partial charge in [-0.1, -0.05) is 17.7 Å². The number of H-pyrrole nitrogens is 1. The largest absolute Gasteiger partial charge is 0.495 e. The van der Waals surface area contributed by atoms with Crippen LogP contribution in [-0.4, -0.2) is 22.3 Å². The van der Waals surface area contributed by atoms with Crippen LogP contribution in [0.25, 0.3) is 0 Å². The van der Waals surface area contributed by atoms with Crippen LogP contribution in [0.15, 0.2) is 24.5 Å². The number of hydrogen-bond acceptors (Lipinski definition) is 4. The summed E-state index contributed by atoms with van der Waals surface area (Å²) in [7, 11) is 1.60. The van der Waals surface area contributed by atoms with E-state index in [-0.39, 0.29) is 0 Å². The minimum absolute atomic E-state index is 0.617. The number of rotatable bonds is 5. The summed E-state index contributed by atoms with van der Waals surface area (Å²) in [5, 5.41) is 10.4. The van der Waals surface area contributed by atoms with Crippen molar-refractivity contribution in [2.75, 3.05) is 7.11 Å². The van der Waals surface area contributed by atoms with Gasteiger partial charge in [-0.3, -0.25) is 5.10 Å². The molecule has 2 rings (SSSR count). The molecule has 0 unspecified atom stereocenters. The van der Waals surface area contributed by atoms with Gasteiger partial charge in [0.05, 0.1) is 18.7 Å². The SMILES string of the molecule is COc1ccc(CNCc2ncn[nH]2)cc1Cl. The Kier molecular flexibility index (Phi) is 3.95. The van der Waals surface area contributed by atoms with E-state index in [4.69, 9.17) is 16.3 Å². The first-order valence-corrected chi connectivity index (χ1v) is 5.55. The molecule has 0 radical (unpaired) electrons. The Hall–Kier alpha value is -1.59. The lowest BCUT2D eigenvalue weighted by Gasteiger charge is -2.06. The molecule has 0 aliphatic rings. The third-order valence-corrected chi connectivity index (χ3v) is 2.60. The molecule has 0 saturated carbocycles. The zero-order valence-corrected chi connectivity index (χ0v) is 10.2. The van der Waals surface area contributed by atoms with E-state index in [0.29, 0.717) is 23.9 Å². The molecule has 1 aromatic carbocycles. The highest BCUT2D eigenvalue weighted by Crippen LogP contribution is 2.24. The molecule has 5 nitrogen and oxygen atoms in total. The van der Waals surface area contributed by atoms with Crippen molar-refractivity contribution in [3.63, 3.8) is 0 Å². The zero-order valence-electron chi connectivity index (χ0n) is 9.40. The molecule has 17 heavy (non-hydrogen) atoms. The Labute approximate surface area is 104 Å². The van der Waals surface area contributed by atoms with Gasteiger partial charge in [0.1, 0.15) is 17.9 Å². The first-order valence-electron chi connectivity index (χ1n) is 5.17. The van der Waals surface area contributed by atoms with E-state index in [2.05, 4.69) is 20.5 Å². The van der Waals surface area contributed by atoms with Gasteiger partial charge >= 0.3 is 0 Å². The summed E-state index contributed by atoms with van der Waals surface area (Å²) in [6.07, 6.45) is 1.49. The summed E-state index contributed by atoms with van der Waals surface area (Å²) in [6, 6.07) is 5.71. The highest BCUT2D eigenvalue weighted by molar-refractivity contribution is 6.32. The lowest BCUT2D eigenvalue weighted by atomic mass is 10.2. The number of aromatic amines is 1. The molecular formula is C11H13ClN4O. The van der Waals surface area contributed by atoms with Crippen molar-refractivity contribution in [2.24, 2.45) is 0 Å². The zero-order chi connectivity index (χ0) is 12.1. The third kappa shape index (κ3) is 3.18. The number of nitrogens with one attached hydrogen (secondary N) is 2. The van der Waals surface area contributed by atoms with Crippen LogP contribution < -0.4 is 10.1 Å². The van der Waals surface area contributed by atoms with Gasteiger partial charge in [0.25, 0.3) is 0 Å². The van der Waals surface area contributed by atoms with E-state index in [0.717, 1.165) is 11.4 Å². The second kappa shape index (κ2) is 5.65. The summed E-state index contributed by atoms with van der Waals surface area (Å²) < 4.78 is 5.09. The van der Waals surface area contributed by atoms with Crippen molar-refractivity contribution in [1.29, 1.82) is 0 Å². The maximum atomic E-state index is 6.03. The third-order valence-electron chi connectivity index (χ3n) is 2.30. The van der Waals surface area contributed by atoms with E-state index < -0.39 is 0 Å². The molecule has 0 aliphatic heterocycles. The molecular weight excluding hydrogens is 240 g/mol. The lowest BCUT2D eigenvalue weighted by molar-refractivity contribution is 0.415. The van der Waals surface area contributed by atoms with Crippen LogP contribution in [0, 0.1) is 0 Å². The number of ether oxygens (including phenoxy) is 1. The first-order chi connectivity index (χ1) is 8.29. The molecule has 0 fully saturated rings. The van der Waals surface area contributed by atoms with Crippen LogP contribution >= 0.6 is 11.6 Å². The van der Waals surface area contributed by atoms with E-state index in [1.54, 1.807) is 7.11 Å². The Morgan fingerprint density at radius 3 is 2.94 bits per heavy atom. The van der Waals surface area contributed by atoms with Gasteiger partial charge in [-0.15, -0.1) is 0 Å². The highest BCUT2D eigenvalue weighted by Gasteiger charge is 2.02. The van der Waals surface area contributed by atoms with E-state index >= 15 is 0 Å². The fraction of sp³-hybridized carbons (Fsp3) is 0.273. The van der Waals surface area contributed by atoms with Crippen molar-refractivity contribution in [3.05, 3.63) is 40.9 Å². The summed E-state index contributed by atoms with van der Waals surface area (Å²) in [6.45, 7) is 1.36. The fourth-order valence-corrected chi connectivity index (χ4v) is 1.74. The number of aromatic nitrogens is 3. The number of methoxy groups -OCH3 is 1. The van der Waals surface area contributed by atoms with Gasteiger partial charge < -0.3 is 10.1 Å². The molecule has 2 N–H and O–H groups in total. The number of hydrogen-bond donors (Lipinski definition) is 2. The van der Waals surface area contributed by atoms with Gasteiger partial charge in [-0.2, -0.15) is 5.10 Å². The average Bonchev–Trinajstić information content (AvgIpc) is 2.82. The predicted octanol–water partition coefficient (Wildman–Crippen LogP) is 1.76. The maximum absolute atomic E-state index is 6.03. The molecule has 0 amide bonds. The topological polar surface area (TPSA) is 62.8 Å². The highest BCUT2D eigenvalue weighted by atomic mass is 35.5. The number of halogens is 1. The van der Waals surface area contributed by atoms with Crippen molar-refractivity contribution in [1.82, 2.24) is 20.5 Å². The summed E-state index contributed by atoms with van der Waals surface area (Å²) >= 11 is 6.03. The van der Waals surface area contributed by atoms with Gasteiger partial charge in [0.2, 0.25) is 0 Å². The second-order valence-corrected chi connectivity index (χ2v) is 3.91. The second-order valence-electron chi connectivity index (χ2n) is 3.50. The molecule has 0 spiro atoms. The fourth-order valence-electron chi connectivity index (χ4n) is 1.46. The summed E-state index contributed by atoms with van der Waals surface area (Å²) in [5.41, 5.74) is 1.09. The van der Waals surface area contributed by atoms with Crippen molar-refractivity contribution in [3.8, 4) is 5.75 Å². The van der Waals surface area contributed by atoms with E-state index in [1.807, 2.05) is 18.2 Å². The molecule has 0 saturated heterocycles. The van der Waals surface area contributed by atoms with Crippen molar-refractivity contribution >= 4 is 11.6 Å². The molecule has 0 bridgehead atoms. The Morgan fingerprint density at radius 2 is 2.29 bits per heavy atom. The van der Waals surface area contributed by atoms with Gasteiger partial charge in [0, 0.05) is 6.54 Å². The monoisotopic (exact) mass is 252 g/mol. The predicted molar refractivity (Wildman–Crippen MR) is 64.9 cm³/mol. The number of benzene rings is 1. The molecule has 1 aromatic heterocycles. The molecule has 90 valence electrons. The Bertz CT molecular complexity index is 472. The molecule has 1 heterocycles. The first kappa shape index (κ1) is 11.9. The van der Waals surface area contributed by atoms with Gasteiger partial charge in [0.15, 0.2) is 0 Å². The van der Waals surface area contributed by atoms with E-state index in [9.17, 15) is 0 Å². The summed E-state index contributed by atoms with van der Waals surface area (Å²) in [4.78, 5) is 4.02. The Morgan fingerprint density at radius 1 is 1.41 bits per heavy atom. The standard InChI is InChI=1S/C11H13ClN4O/c1-17-10-3-2-8(4-9(10)12)5-13-6-11-14-7-15-16-11/h2-4,7,13H,5-6H2,1H3,(H,14,15,16). The van der Waals surface area contributed by atoms with Crippen LogP contribution in [0.1, 0.15) is 11.4 Å². The quantitative estimate of drug-likeness (QED) is 0.851. The van der Waals surface area contributed by atoms with Crippen molar-refractivity contribution in [2.45, 2.75) is 13.1 Å². The molecule has 6 heteroatoms. The van der Waals surface area contributed by atoms with Crippen LogP contribution in [0.3, 0.4) is 0 Å². The normalized spacial score (nSPS) is 10.5. The van der Waals surface area contributed by atoms with Gasteiger partial charge in [-0.05, 0) is 17.7 Å². The van der Waals surface area contributed by atoms with Crippen LogP contribution in [0.2, 0.25) is 5.02 Å². The average molecular weight is 253 g/mol. The Balaban J connectivity index is 1.89. The lowest BCUT2D eigenvalue weighted by Crippen LogP contribution is -2.13. The van der Waals surface area contributed by atoms with E-state index in [1.165, 1.54) is 6.33 Å². The minimum Gasteiger partial charge on any atom is -0.495 e. The van der Waals surface area contributed by atoms with Crippen LogP contribution in [0.5, 0.6) is 5.75 Å².